The smallest absolute Gasteiger partial charge is 0.250 e. The molecule has 0 saturated carbocycles. The normalized spacial score (nSPS) is 15.8. The van der Waals surface area contributed by atoms with E-state index in [0.29, 0.717) is 36.8 Å². The van der Waals surface area contributed by atoms with Crippen molar-refractivity contribution in [1.82, 2.24) is 9.37 Å². The van der Waals surface area contributed by atoms with Crippen molar-refractivity contribution in [2.45, 2.75) is 12.8 Å². The highest BCUT2D eigenvalue weighted by molar-refractivity contribution is 7.89. The highest BCUT2D eigenvalue weighted by Crippen LogP contribution is 2.18. The molecule has 0 aromatic heterocycles. The number of carbonyl (C=O) groups is 1. The maximum Gasteiger partial charge on any atom is 0.250 e. The molecule has 1 N–H and O–H groups in total. The van der Waals surface area contributed by atoms with Gasteiger partial charge < -0.3 is 9.47 Å². The number of rotatable bonds is 8. The van der Waals surface area contributed by atoms with E-state index in [1.165, 1.54) is 7.05 Å². The van der Waals surface area contributed by atoms with Gasteiger partial charge in [0.1, 0.15) is 12.4 Å². The fourth-order valence-electron chi connectivity index (χ4n) is 2.43. The Morgan fingerprint density at radius 2 is 1.92 bits per heavy atom. The molecule has 1 amide bonds. The van der Waals surface area contributed by atoms with Gasteiger partial charge in [-0.2, -0.15) is 4.31 Å². The molecule has 0 unspecified atom stereocenters. The van der Waals surface area contributed by atoms with Crippen LogP contribution >= 0.6 is 11.6 Å². The summed E-state index contributed by atoms with van der Waals surface area (Å²) >= 11 is 5.78. The molecular weight excluding hydrogens is 384 g/mol. The molecule has 0 aliphatic carbocycles. The Balaban J connectivity index is 1.81. The number of likely N-dealkylation sites (N-methyl/N-ethyl adjacent to an activating group) is 1. The minimum atomic E-state index is -3.85. The number of hydroxylamine groups is 2. The molecule has 1 aromatic rings. The SMILES string of the molecule is CN(CCOc1ccc(Cl)cc1)S(=O)(=O)CN(O)C(=O)C1CCOCC1. The summed E-state index contributed by atoms with van der Waals surface area (Å²) in [5.41, 5.74) is 0. The number of halogens is 1. The maximum atomic E-state index is 12.3. The molecule has 2 rings (SSSR count). The second-order valence-corrected chi connectivity index (χ2v) is 8.47. The fourth-order valence-corrected chi connectivity index (χ4v) is 3.55. The van der Waals surface area contributed by atoms with Crippen LogP contribution in [0.1, 0.15) is 12.8 Å². The fraction of sp³-hybridized carbons (Fsp3) is 0.562. The average Bonchev–Trinajstić information content (AvgIpc) is 2.63. The van der Waals surface area contributed by atoms with E-state index >= 15 is 0 Å². The van der Waals surface area contributed by atoms with Crippen LogP contribution in [0.4, 0.5) is 0 Å². The summed E-state index contributed by atoms with van der Waals surface area (Å²) in [7, 11) is -2.48. The zero-order valence-electron chi connectivity index (χ0n) is 14.5. The number of hydrogen-bond acceptors (Lipinski definition) is 6. The van der Waals surface area contributed by atoms with E-state index in [4.69, 9.17) is 21.1 Å². The van der Waals surface area contributed by atoms with Gasteiger partial charge in [-0.25, -0.2) is 13.5 Å². The van der Waals surface area contributed by atoms with Crippen molar-refractivity contribution < 1.29 is 27.9 Å². The van der Waals surface area contributed by atoms with Gasteiger partial charge in [-0.3, -0.25) is 10.0 Å². The molecule has 1 saturated heterocycles. The summed E-state index contributed by atoms with van der Waals surface area (Å²) < 4.78 is 36.2. The van der Waals surface area contributed by atoms with Gasteiger partial charge in [0, 0.05) is 37.7 Å². The molecule has 26 heavy (non-hydrogen) atoms. The summed E-state index contributed by atoms with van der Waals surface area (Å²) in [6.45, 7) is 1.05. The van der Waals surface area contributed by atoms with Crippen molar-refractivity contribution in [1.29, 1.82) is 0 Å². The third-order valence-electron chi connectivity index (χ3n) is 4.07. The van der Waals surface area contributed by atoms with E-state index in [9.17, 15) is 18.4 Å². The van der Waals surface area contributed by atoms with Crippen LogP contribution in [-0.2, 0) is 19.6 Å². The quantitative estimate of drug-likeness (QED) is 0.520. The number of nitrogens with zero attached hydrogens (tertiary/aromatic N) is 2. The van der Waals surface area contributed by atoms with Crippen molar-refractivity contribution in [2.24, 2.45) is 5.92 Å². The first-order valence-electron chi connectivity index (χ1n) is 8.20. The number of sulfonamides is 1. The molecule has 8 nitrogen and oxygen atoms in total. The van der Waals surface area contributed by atoms with Crippen LogP contribution in [0.3, 0.4) is 0 Å². The summed E-state index contributed by atoms with van der Waals surface area (Å²) in [5, 5.41) is 10.7. The van der Waals surface area contributed by atoms with Crippen molar-refractivity contribution in [2.75, 3.05) is 39.3 Å². The molecule has 0 spiro atoms. The summed E-state index contributed by atoms with van der Waals surface area (Å²) in [6, 6.07) is 6.70. The summed E-state index contributed by atoms with van der Waals surface area (Å²) in [6.07, 6.45) is 0.946. The van der Waals surface area contributed by atoms with Crippen LogP contribution in [0.5, 0.6) is 5.75 Å². The number of hydrogen-bond donors (Lipinski definition) is 1. The van der Waals surface area contributed by atoms with Crippen LogP contribution < -0.4 is 4.74 Å². The Kier molecular flexibility index (Phi) is 7.66. The van der Waals surface area contributed by atoms with Gasteiger partial charge in [0.2, 0.25) is 15.9 Å². The van der Waals surface area contributed by atoms with Crippen LogP contribution in [0.15, 0.2) is 24.3 Å². The lowest BCUT2D eigenvalue weighted by atomic mass is 10.00. The molecule has 1 fully saturated rings. The van der Waals surface area contributed by atoms with Crippen molar-refractivity contribution >= 4 is 27.5 Å². The van der Waals surface area contributed by atoms with Gasteiger partial charge in [0.05, 0.1) is 0 Å². The first-order chi connectivity index (χ1) is 12.3. The molecular formula is C16H23ClN2O6S. The number of ether oxygens (including phenoxy) is 2. The van der Waals surface area contributed by atoms with Crippen LogP contribution in [0, 0.1) is 5.92 Å². The van der Waals surface area contributed by atoms with Gasteiger partial charge in [-0.1, -0.05) is 11.6 Å². The molecule has 1 aliphatic rings. The molecule has 1 aliphatic heterocycles. The van der Waals surface area contributed by atoms with Crippen molar-refractivity contribution in [3.63, 3.8) is 0 Å². The third kappa shape index (κ3) is 6.10. The summed E-state index contributed by atoms with van der Waals surface area (Å²) in [4.78, 5) is 12.1. The van der Waals surface area contributed by atoms with Crippen LogP contribution in [0.25, 0.3) is 0 Å². The summed E-state index contributed by atoms with van der Waals surface area (Å²) in [5.74, 6) is -1.23. The van der Waals surface area contributed by atoms with Gasteiger partial charge in [0.15, 0.2) is 5.88 Å². The highest BCUT2D eigenvalue weighted by Gasteiger charge is 2.30. The Bertz CT molecular complexity index is 691. The number of amides is 1. The molecule has 0 radical (unpaired) electrons. The van der Waals surface area contributed by atoms with E-state index in [0.717, 1.165) is 4.31 Å². The molecule has 0 bridgehead atoms. The van der Waals surface area contributed by atoms with E-state index in [2.05, 4.69) is 0 Å². The van der Waals surface area contributed by atoms with Crippen molar-refractivity contribution in [3.05, 3.63) is 29.3 Å². The van der Waals surface area contributed by atoms with Gasteiger partial charge in [0.25, 0.3) is 0 Å². The second-order valence-electron chi connectivity index (χ2n) is 5.99. The minimum absolute atomic E-state index is 0.0737. The van der Waals surface area contributed by atoms with Gasteiger partial charge in [-0.15, -0.1) is 0 Å². The minimum Gasteiger partial charge on any atom is -0.492 e. The van der Waals surface area contributed by atoms with Crippen LogP contribution in [-0.4, -0.2) is 68.2 Å². The zero-order valence-corrected chi connectivity index (χ0v) is 16.1. The molecule has 1 aromatic carbocycles. The lowest BCUT2D eigenvalue weighted by Crippen LogP contribution is -2.43. The Morgan fingerprint density at radius 1 is 1.31 bits per heavy atom. The van der Waals surface area contributed by atoms with Crippen LogP contribution in [0.2, 0.25) is 5.02 Å². The third-order valence-corrected chi connectivity index (χ3v) is 6.03. The molecule has 0 atom stereocenters. The Labute approximate surface area is 158 Å². The number of carbonyl (C=O) groups excluding carboxylic acids is 1. The number of benzene rings is 1. The second kappa shape index (κ2) is 9.52. The first-order valence-corrected chi connectivity index (χ1v) is 10.2. The predicted octanol–water partition coefficient (Wildman–Crippen LogP) is 1.58. The zero-order chi connectivity index (χ0) is 19.2. The van der Waals surface area contributed by atoms with E-state index in [1.54, 1.807) is 24.3 Å². The molecule has 1 heterocycles. The van der Waals surface area contributed by atoms with E-state index in [-0.39, 0.29) is 18.2 Å². The maximum absolute atomic E-state index is 12.3. The largest absolute Gasteiger partial charge is 0.492 e. The topological polar surface area (TPSA) is 96.4 Å². The van der Waals surface area contributed by atoms with E-state index < -0.39 is 27.7 Å². The molecule has 146 valence electrons. The highest BCUT2D eigenvalue weighted by atomic mass is 35.5. The lowest BCUT2D eigenvalue weighted by Gasteiger charge is -2.26. The molecule has 10 heteroatoms. The standard InChI is InChI=1S/C16H23ClN2O6S/c1-18(8-11-25-15-4-2-14(17)3-5-15)26(22,23)12-19(21)16(20)13-6-9-24-10-7-13/h2-5,13,21H,6-12H2,1H3. The lowest BCUT2D eigenvalue weighted by molar-refractivity contribution is -0.169. The van der Waals surface area contributed by atoms with Gasteiger partial charge >= 0.3 is 0 Å². The van der Waals surface area contributed by atoms with E-state index in [1.807, 2.05) is 0 Å². The average molecular weight is 407 g/mol. The predicted molar refractivity (Wildman–Crippen MR) is 95.5 cm³/mol. The Hall–Kier alpha value is -1.39. The monoisotopic (exact) mass is 406 g/mol. The van der Waals surface area contributed by atoms with Gasteiger partial charge in [-0.05, 0) is 37.1 Å². The first kappa shape index (κ1) is 20.9. The Morgan fingerprint density at radius 3 is 2.54 bits per heavy atom. The van der Waals surface area contributed by atoms with Crippen molar-refractivity contribution in [3.8, 4) is 5.75 Å².